The third kappa shape index (κ3) is 8.42. The molecule has 1 aromatic carbocycles. The maximum atomic E-state index is 6.42. The predicted molar refractivity (Wildman–Crippen MR) is 200 cm³/mol. The van der Waals surface area contributed by atoms with E-state index in [-0.39, 0.29) is 0 Å². The lowest BCUT2D eigenvalue weighted by Gasteiger charge is -2.32. The van der Waals surface area contributed by atoms with Crippen LogP contribution >= 0.6 is 0 Å². The second-order valence-corrected chi connectivity index (χ2v) is 27.7. The van der Waals surface area contributed by atoms with Gasteiger partial charge in [0, 0.05) is 63.7 Å². The lowest BCUT2D eigenvalue weighted by Crippen LogP contribution is -2.34. The molecular weight excluding hydrogens is 615 g/mol. The summed E-state index contributed by atoms with van der Waals surface area (Å²) < 4.78 is 14.9. The van der Waals surface area contributed by atoms with Crippen molar-refractivity contribution in [1.29, 1.82) is 0 Å². The second-order valence-electron chi connectivity index (χ2n) is 16.5. The number of benzene rings is 1. The van der Waals surface area contributed by atoms with Crippen LogP contribution in [-0.4, -0.2) is 62.4 Å². The minimum Gasteiger partial charge on any atom is -0.361 e. The Kier molecular flexibility index (Phi) is 10.4. The predicted octanol–water partition coefficient (Wildman–Crippen LogP) is 9.49. The Morgan fingerprint density at radius 3 is 2.00 bits per heavy atom. The number of rotatable bonds is 14. The third-order valence-corrected chi connectivity index (χ3v) is 13.5. The van der Waals surface area contributed by atoms with Gasteiger partial charge in [-0.25, -0.2) is 4.98 Å². The normalized spacial score (nSPS) is 19.9. The molecule has 2 bridgehead atoms. The van der Waals surface area contributed by atoms with Crippen molar-refractivity contribution in [2.45, 2.75) is 96.3 Å². The molecule has 3 heterocycles. The standard InChI is InChI=1S/C38H55N5O2Si2/c1-28-36(33-22-29-13-14-30(21-29)23-33)41-37-34(32-15-16-35(39-24-32)31-11-9-8-10-12-31)25-40-43(37)38(28)42(26-44-17-19-46(2,3)4)27-45-18-20-47(5,6)7/h8-12,15-16,24-25,29-30,33H,13-14,17-23,26-27H2,1-7H3/t29-,30+,33?. The third-order valence-electron chi connectivity index (χ3n) is 10.1. The molecule has 252 valence electrons. The van der Waals surface area contributed by atoms with Crippen molar-refractivity contribution >= 4 is 27.6 Å². The van der Waals surface area contributed by atoms with E-state index in [4.69, 9.17) is 24.5 Å². The summed E-state index contributed by atoms with van der Waals surface area (Å²) in [5.41, 5.74) is 7.45. The summed E-state index contributed by atoms with van der Waals surface area (Å²) in [5.74, 6) is 3.16. The molecule has 6 rings (SSSR count). The Bertz CT molecular complexity index is 1590. The van der Waals surface area contributed by atoms with Gasteiger partial charge in [0.1, 0.15) is 19.3 Å². The molecule has 0 N–H and O–H groups in total. The molecule has 4 aromatic rings. The fourth-order valence-corrected chi connectivity index (χ4v) is 8.89. The van der Waals surface area contributed by atoms with Crippen LogP contribution in [0.15, 0.2) is 54.9 Å². The van der Waals surface area contributed by atoms with Gasteiger partial charge in [0.05, 0.1) is 17.6 Å². The van der Waals surface area contributed by atoms with E-state index in [1.165, 1.54) is 43.4 Å². The van der Waals surface area contributed by atoms with Gasteiger partial charge in [-0.3, -0.25) is 4.98 Å². The molecule has 0 saturated heterocycles. The quantitative estimate of drug-likeness (QED) is 0.0757. The number of fused-ring (bicyclic) bond motifs is 3. The first-order chi connectivity index (χ1) is 22.4. The van der Waals surface area contributed by atoms with Gasteiger partial charge in [-0.1, -0.05) is 88.5 Å². The number of anilines is 1. The summed E-state index contributed by atoms with van der Waals surface area (Å²) in [7, 11) is -2.44. The largest absolute Gasteiger partial charge is 0.361 e. The number of hydrogen-bond donors (Lipinski definition) is 0. The summed E-state index contributed by atoms with van der Waals surface area (Å²) in [4.78, 5) is 12.6. The fourth-order valence-electron chi connectivity index (χ4n) is 7.38. The van der Waals surface area contributed by atoms with Gasteiger partial charge >= 0.3 is 0 Å². The zero-order chi connectivity index (χ0) is 33.2. The zero-order valence-electron chi connectivity index (χ0n) is 29.8. The van der Waals surface area contributed by atoms with Crippen LogP contribution in [0.5, 0.6) is 0 Å². The molecule has 47 heavy (non-hydrogen) atoms. The van der Waals surface area contributed by atoms with Gasteiger partial charge in [-0.05, 0) is 56.2 Å². The molecule has 1 unspecified atom stereocenters. The van der Waals surface area contributed by atoms with Crippen molar-refractivity contribution in [2.75, 3.05) is 31.6 Å². The van der Waals surface area contributed by atoms with E-state index in [1.54, 1.807) is 0 Å². The number of aromatic nitrogens is 4. The van der Waals surface area contributed by atoms with Crippen LogP contribution in [0.25, 0.3) is 28.0 Å². The van der Waals surface area contributed by atoms with E-state index < -0.39 is 16.1 Å². The van der Waals surface area contributed by atoms with Gasteiger partial charge in [0.2, 0.25) is 0 Å². The number of nitrogens with zero attached hydrogens (tertiary/aromatic N) is 5. The SMILES string of the molecule is Cc1c(C2C[C@H]3CC[C@@H](C2)C3)nc2c(-c3ccc(-c4ccccc4)nc3)cnn2c1N(COCC[Si](C)(C)C)COCC[Si](C)(C)C. The van der Waals surface area contributed by atoms with Crippen LogP contribution in [0.2, 0.25) is 51.4 Å². The Morgan fingerprint density at radius 1 is 0.787 bits per heavy atom. The lowest BCUT2D eigenvalue weighted by molar-refractivity contribution is 0.0941. The minimum absolute atomic E-state index is 0.466. The monoisotopic (exact) mass is 669 g/mol. The Hall–Kier alpha value is -2.86. The summed E-state index contributed by atoms with van der Waals surface area (Å²) in [5, 5.41) is 5.01. The first-order valence-corrected chi connectivity index (χ1v) is 25.2. The average molecular weight is 670 g/mol. The summed E-state index contributed by atoms with van der Waals surface area (Å²) >= 11 is 0. The van der Waals surface area contributed by atoms with Crippen LogP contribution in [0.4, 0.5) is 5.82 Å². The van der Waals surface area contributed by atoms with Crippen molar-refractivity contribution < 1.29 is 9.47 Å². The topological polar surface area (TPSA) is 64.8 Å². The molecule has 0 aliphatic heterocycles. The number of hydrogen-bond acceptors (Lipinski definition) is 6. The number of ether oxygens (including phenoxy) is 2. The van der Waals surface area contributed by atoms with Crippen molar-refractivity contribution in [3.05, 3.63) is 66.1 Å². The Balaban J connectivity index is 1.39. The van der Waals surface area contributed by atoms with Crippen LogP contribution in [0.1, 0.15) is 49.3 Å². The molecule has 3 aromatic heterocycles. The highest BCUT2D eigenvalue weighted by Gasteiger charge is 2.37. The van der Waals surface area contributed by atoms with Gasteiger partial charge < -0.3 is 14.4 Å². The molecule has 2 saturated carbocycles. The fraction of sp³-hybridized carbons (Fsp3) is 0.553. The van der Waals surface area contributed by atoms with E-state index in [0.29, 0.717) is 19.4 Å². The average Bonchev–Trinajstić information content (AvgIpc) is 3.61. The first kappa shape index (κ1) is 34.0. The molecular formula is C38H55N5O2Si2. The molecule has 2 fully saturated rings. The Morgan fingerprint density at radius 2 is 1.43 bits per heavy atom. The van der Waals surface area contributed by atoms with Gasteiger partial charge in [-0.15, -0.1) is 0 Å². The zero-order valence-corrected chi connectivity index (χ0v) is 31.8. The maximum Gasteiger partial charge on any atom is 0.165 e. The van der Waals surface area contributed by atoms with Crippen LogP contribution in [0.3, 0.4) is 0 Å². The van der Waals surface area contributed by atoms with Gasteiger partial charge in [0.25, 0.3) is 0 Å². The summed E-state index contributed by atoms with van der Waals surface area (Å²) in [6, 6.07) is 16.9. The van der Waals surface area contributed by atoms with Crippen molar-refractivity contribution in [1.82, 2.24) is 19.6 Å². The van der Waals surface area contributed by atoms with Crippen molar-refractivity contribution in [3.8, 4) is 22.4 Å². The molecule has 3 atom stereocenters. The van der Waals surface area contributed by atoms with E-state index in [9.17, 15) is 0 Å². The minimum atomic E-state index is -1.22. The Labute approximate surface area is 284 Å². The van der Waals surface area contributed by atoms with E-state index >= 15 is 0 Å². The highest BCUT2D eigenvalue weighted by molar-refractivity contribution is 6.76. The van der Waals surface area contributed by atoms with Crippen LogP contribution in [0, 0.1) is 18.8 Å². The molecule has 2 aliphatic rings. The summed E-state index contributed by atoms with van der Waals surface area (Å²) in [6.07, 6.45) is 10.5. The highest BCUT2D eigenvalue weighted by atomic mass is 28.3. The molecule has 7 nitrogen and oxygen atoms in total. The van der Waals surface area contributed by atoms with E-state index in [2.05, 4.69) is 87.5 Å². The van der Waals surface area contributed by atoms with Crippen molar-refractivity contribution in [2.24, 2.45) is 11.8 Å². The molecule has 0 amide bonds. The summed E-state index contributed by atoms with van der Waals surface area (Å²) in [6.45, 7) is 19.1. The molecule has 0 spiro atoms. The van der Waals surface area contributed by atoms with E-state index in [1.807, 2.05) is 23.0 Å². The van der Waals surface area contributed by atoms with E-state index in [0.717, 1.165) is 71.0 Å². The second kappa shape index (κ2) is 14.3. The van der Waals surface area contributed by atoms with Crippen molar-refractivity contribution in [3.63, 3.8) is 0 Å². The maximum absolute atomic E-state index is 6.42. The molecule has 9 heteroatoms. The van der Waals surface area contributed by atoms with Gasteiger partial charge in [-0.2, -0.15) is 9.61 Å². The smallest absolute Gasteiger partial charge is 0.165 e. The van der Waals surface area contributed by atoms with Gasteiger partial charge in [0.15, 0.2) is 5.65 Å². The first-order valence-electron chi connectivity index (χ1n) is 17.8. The number of pyridine rings is 1. The van der Waals surface area contributed by atoms with Crippen LogP contribution < -0.4 is 4.90 Å². The highest BCUT2D eigenvalue weighted by Crippen LogP contribution is 2.49. The van der Waals surface area contributed by atoms with Crippen LogP contribution in [-0.2, 0) is 9.47 Å². The lowest BCUT2D eigenvalue weighted by atomic mass is 9.78. The molecule has 2 aliphatic carbocycles. The molecule has 0 radical (unpaired) electrons.